The highest BCUT2D eigenvalue weighted by Crippen LogP contribution is 2.42. The third kappa shape index (κ3) is 20.5. The number of hydrogen-bond donors (Lipinski definition) is 6. The monoisotopic (exact) mass is 1540 g/mol. The number of aromatic carboxylic acids is 6. The lowest BCUT2D eigenvalue weighted by atomic mass is 9.92. The SMILES string of the molecule is CC(=O)N(C)C.CC(=O)N(C)C.CC(=O)N(C)C.CC(=O)N(C)C.CC(=O)N(C)C.O=C(O)c1ccc(-c2cc3nc4c5nc6cc(-c7ccc(C(=O)O)cc7)c(-c7ccc(C(=O)O)cc7)cc6nc5c5nc6cc(-c7ccc(C(=O)O)cc7)c(-c7ccc(C(=O)O)cc7)cc6nc5c4nc3cc2-c2ccc(C(=O)O)cc2)cc1. The summed E-state index contributed by atoms with van der Waals surface area (Å²) >= 11 is 0. The normalized spacial score (nSPS) is 10.5. The van der Waals surface area contributed by atoms with Crippen molar-refractivity contribution in [2.24, 2.45) is 0 Å². The molecule has 6 N–H and O–H groups in total. The van der Waals surface area contributed by atoms with E-state index in [-0.39, 0.29) is 96.0 Å². The van der Waals surface area contributed by atoms with Crippen LogP contribution in [-0.4, -0.2) is 221 Å². The summed E-state index contributed by atoms with van der Waals surface area (Å²) in [6, 6.07) is 48.6. The molecule has 28 heteroatoms. The average Bonchev–Trinajstić information content (AvgIpc) is 0.711. The maximum Gasteiger partial charge on any atom is 0.335 e. The molecule has 0 fully saturated rings. The molecule has 13 aromatic rings. The highest BCUT2D eigenvalue weighted by Gasteiger charge is 2.24. The molecule has 0 radical (unpaired) electrons. The summed E-state index contributed by atoms with van der Waals surface area (Å²) in [5, 5.41) is 58.7. The Kier molecular flexibility index (Phi) is 27.2. The Hall–Kier alpha value is -14.8. The number of carbonyl (C=O) groups excluding carboxylic acids is 5. The number of amides is 5. The van der Waals surface area contributed by atoms with Crippen molar-refractivity contribution in [1.82, 2.24) is 54.4 Å². The molecule has 0 aliphatic rings. The van der Waals surface area contributed by atoms with E-state index in [1.807, 2.05) is 36.4 Å². The first kappa shape index (κ1) is 84.8. The number of hydrogen-bond acceptors (Lipinski definition) is 17. The Morgan fingerprint density at radius 1 is 0.202 bits per heavy atom. The lowest BCUT2D eigenvalue weighted by Crippen LogP contribution is -2.17. The van der Waals surface area contributed by atoms with Crippen LogP contribution in [0.3, 0.4) is 0 Å². The predicted molar refractivity (Wildman–Crippen MR) is 434 cm³/mol. The molecular formula is C86H81N11O17. The Labute approximate surface area is 653 Å². The lowest BCUT2D eigenvalue weighted by molar-refractivity contribution is -0.127. The second-order valence-corrected chi connectivity index (χ2v) is 26.8. The van der Waals surface area contributed by atoms with Crippen LogP contribution >= 0.6 is 0 Å². The fourth-order valence-corrected chi connectivity index (χ4v) is 10.5. The minimum Gasteiger partial charge on any atom is -0.478 e. The smallest absolute Gasteiger partial charge is 0.335 e. The number of nitrogens with zero attached hydrogens (tertiary/aromatic N) is 11. The zero-order valence-electron chi connectivity index (χ0n) is 64.9. The summed E-state index contributed by atoms with van der Waals surface area (Å²) < 4.78 is 0. The maximum atomic E-state index is 12.0. The molecule has 3 aromatic heterocycles. The van der Waals surface area contributed by atoms with Gasteiger partial charge in [0.05, 0.1) is 66.5 Å². The number of benzene rings is 10. The van der Waals surface area contributed by atoms with Gasteiger partial charge in [-0.1, -0.05) is 72.8 Å². The van der Waals surface area contributed by atoms with Crippen LogP contribution in [0, 0.1) is 0 Å². The quantitative estimate of drug-likeness (QED) is 0.0489. The molecule has 3 heterocycles. The van der Waals surface area contributed by atoms with Crippen LogP contribution in [0.4, 0.5) is 0 Å². The summed E-state index contributed by atoms with van der Waals surface area (Å²) in [6.45, 7) is 7.64. The molecule has 0 aliphatic heterocycles. The first-order valence-electron chi connectivity index (χ1n) is 34.8. The zero-order valence-corrected chi connectivity index (χ0v) is 64.9. The highest BCUT2D eigenvalue weighted by atomic mass is 16.4. The molecule has 0 saturated heterocycles. The molecule has 0 bridgehead atoms. The molecule has 0 spiro atoms. The summed E-state index contributed by atoms with van der Waals surface area (Å²) in [4.78, 5) is 162. The van der Waals surface area contributed by atoms with Crippen molar-refractivity contribution >= 4 is 132 Å². The summed E-state index contributed by atoms with van der Waals surface area (Å²) in [7, 11) is 17.2. The third-order valence-corrected chi connectivity index (χ3v) is 17.9. The van der Waals surface area contributed by atoms with Gasteiger partial charge in [0, 0.05) is 105 Å². The Morgan fingerprint density at radius 3 is 0.377 bits per heavy atom. The number of carbonyl (C=O) groups is 11. The topological polar surface area (TPSA) is 403 Å². The molecule has 114 heavy (non-hydrogen) atoms. The third-order valence-electron chi connectivity index (χ3n) is 17.9. The number of fused-ring (bicyclic) bond motifs is 9. The van der Waals surface area contributed by atoms with Gasteiger partial charge in [0.1, 0.15) is 33.1 Å². The van der Waals surface area contributed by atoms with Gasteiger partial charge in [-0.15, -0.1) is 0 Å². The summed E-state index contributed by atoms with van der Waals surface area (Å²) in [6.07, 6.45) is 0. The van der Waals surface area contributed by atoms with Crippen LogP contribution in [-0.2, 0) is 24.0 Å². The van der Waals surface area contributed by atoms with Gasteiger partial charge in [-0.25, -0.2) is 58.7 Å². The van der Waals surface area contributed by atoms with Crippen molar-refractivity contribution in [3.63, 3.8) is 0 Å². The van der Waals surface area contributed by atoms with E-state index in [0.717, 1.165) is 0 Å². The highest BCUT2D eigenvalue weighted by molar-refractivity contribution is 6.22. The lowest BCUT2D eigenvalue weighted by Gasteiger charge is -2.16. The first-order chi connectivity index (χ1) is 53.7. The maximum absolute atomic E-state index is 12.0. The zero-order chi connectivity index (χ0) is 84.0. The largest absolute Gasteiger partial charge is 0.478 e. The van der Waals surface area contributed by atoms with Crippen molar-refractivity contribution in [3.05, 3.63) is 215 Å². The molecule has 5 amide bonds. The predicted octanol–water partition coefficient (Wildman–Crippen LogP) is 13.6. The van der Waals surface area contributed by atoms with Gasteiger partial charge in [0.15, 0.2) is 0 Å². The first-order valence-corrected chi connectivity index (χ1v) is 34.8. The van der Waals surface area contributed by atoms with E-state index < -0.39 is 35.8 Å². The molecule has 0 saturated carbocycles. The van der Waals surface area contributed by atoms with E-state index >= 15 is 0 Å². The van der Waals surface area contributed by atoms with Crippen molar-refractivity contribution in [2.75, 3.05) is 70.5 Å². The Balaban J connectivity index is 0.000000461. The van der Waals surface area contributed by atoms with E-state index in [1.165, 1.54) is 132 Å². The standard InChI is InChI=1S/C66H36N6O12.5C4H9NO/c73-61(74)37-13-1-31(2-14-37)43-25-49-50(26-44(43)32-3-15-38(16-4-32)62(75)76)68-56-55(67-49)57-59(71-52-28-46(34-7-19-40(20-8-34)64(79)80)45(27-51(52)69-57)33-5-17-39(18-6-33)63(77)78)60-58(56)70-53-29-47(35-9-21-41(22-10-35)65(81)82)48(30-54(53)72-60)36-11-23-42(24-12-36)66(83)84;5*1-4(6)5(2)3/h1-30H,(H,73,74)(H,75,76)(H,77,78)(H,79,80)(H,81,82)(H,83,84);5*1-3H3. The Bertz CT molecular complexity index is 4980. The molecule has 10 aromatic carbocycles. The van der Waals surface area contributed by atoms with E-state index in [4.69, 9.17) is 29.9 Å². The van der Waals surface area contributed by atoms with Gasteiger partial charge >= 0.3 is 35.8 Å². The minimum atomic E-state index is -1.11. The molecule has 28 nitrogen and oxygen atoms in total. The van der Waals surface area contributed by atoms with Crippen molar-refractivity contribution in [2.45, 2.75) is 34.6 Å². The van der Waals surface area contributed by atoms with Crippen molar-refractivity contribution < 1.29 is 83.4 Å². The van der Waals surface area contributed by atoms with Crippen LogP contribution in [0.15, 0.2) is 182 Å². The van der Waals surface area contributed by atoms with Crippen LogP contribution in [0.2, 0.25) is 0 Å². The van der Waals surface area contributed by atoms with Crippen LogP contribution in [0.1, 0.15) is 96.8 Å². The number of aromatic nitrogens is 6. The minimum absolute atomic E-state index is 0.0629. The average molecular weight is 1540 g/mol. The van der Waals surface area contributed by atoms with E-state index in [9.17, 15) is 83.4 Å². The fraction of sp³-hybridized carbons (Fsp3) is 0.174. The molecule has 0 aliphatic carbocycles. The Morgan fingerprint density at radius 2 is 0.298 bits per heavy atom. The van der Waals surface area contributed by atoms with Gasteiger partial charge in [0.25, 0.3) is 0 Å². The van der Waals surface area contributed by atoms with E-state index in [0.29, 0.717) is 99.9 Å². The van der Waals surface area contributed by atoms with Gasteiger partial charge in [0.2, 0.25) is 29.5 Å². The molecule has 13 rings (SSSR count). The summed E-state index contributed by atoms with van der Waals surface area (Å²) in [5.74, 6) is -6.22. The number of carboxylic acid groups (broad SMARTS) is 6. The van der Waals surface area contributed by atoms with Gasteiger partial charge < -0.3 is 55.1 Å². The van der Waals surface area contributed by atoms with Gasteiger partial charge in [-0.2, -0.15) is 0 Å². The van der Waals surface area contributed by atoms with Crippen molar-refractivity contribution in [3.8, 4) is 66.8 Å². The van der Waals surface area contributed by atoms with Gasteiger partial charge in [-0.3, -0.25) is 24.0 Å². The number of rotatable bonds is 12. The molecule has 582 valence electrons. The molecular weight excluding hydrogens is 1460 g/mol. The van der Waals surface area contributed by atoms with Gasteiger partial charge in [-0.05, 0) is 176 Å². The van der Waals surface area contributed by atoms with E-state index in [2.05, 4.69) is 0 Å². The fourth-order valence-electron chi connectivity index (χ4n) is 10.5. The van der Waals surface area contributed by atoms with Crippen LogP contribution < -0.4 is 0 Å². The summed E-state index contributed by atoms with van der Waals surface area (Å²) in [5.41, 5.74) is 11.7. The van der Waals surface area contributed by atoms with Crippen molar-refractivity contribution in [1.29, 1.82) is 0 Å². The van der Waals surface area contributed by atoms with E-state index in [1.54, 1.807) is 143 Å². The number of carboxylic acids is 6. The van der Waals surface area contributed by atoms with Crippen LogP contribution in [0.5, 0.6) is 0 Å². The second kappa shape index (κ2) is 36.6. The van der Waals surface area contributed by atoms with Crippen LogP contribution in [0.25, 0.3) is 133 Å². The molecule has 0 atom stereocenters. The second-order valence-electron chi connectivity index (χ2n) is 26.8. The molecule has 0 unspecified atom stereocenters.